The molecule has 1 rings (SSSR count). The Balaban J connectivity index is 2.82. The first kappa shape index (κ1) is 16.0. The highest BCUT2D eigenvalue weighted by Crippen LogP contribution is 2.24. The molecular formula is C12H17BrN2O3S. The van der Waals surface area contributed by atoms with Crippen LogP contribution >= 0.6 is 15.9 Å². The van der Waals surface area contributed by atoms with E-state index >= 15 is 0 Å². The number of sulfone groups is 1. The Morgan fingerprint density at radius 1 is 1.42 bits per heavy atom. The Morgan fingerprint density at radius 3 is 2.63 bits per heavy atom. The van der Waals surface area contributed by atoms with Crippen molar-refractivity contribution >= 4 is 37.4 Å². The molecule has 0 aliphatic carbocycles. The third-order valence-corrected chi connectivity index (χ3v) is 4.62. The summed E-state index contributed by atoms with van der Waals surface area (Å²) in [6.45, 7) is 3.64. The molecule has 106 valence electrons. The second kappa shape index (κ2) is 6.38. The van der Waals surface area contributed by atoms with Crippen molar-refractivity contribution in [1.82, 2.24) is 5.32 Å². The van der Waals surface area contributed by atoms with Crippen LogP contribution in [0.25, 0.3) is 0 Å². The molecule has 0 aliphatic heterocycles. The summed E-state index contributed by atoms with van der Waals surface area (Å²) in [6, 6.07) is 4.63. The molecule has 19 heavy (non-hydrogen) atoms. The smallest absolute Gasteiger partial charge is 0.221 e. The van der Waals surface area contributed by atoms with Gasteiger partial charge in [-0.1, -0.05) is 15.9 Å². The van der Waals surface area contributed by atoms with E-state index in [1.807, 2.05) is 13.8 Å². The molecule has 0 unspecified atom stereocenters. The van der Waals surface area contributed by atoms with Gasteiger partial charge in [0.15, 0.2) is 9.84 Å². The van der Waals surface area contributed by atoms with Crippen molar-refractivity contribution in [3.05, 3.63) is 22.7 Å². The molecule has 0 heterocycles. The van der Waals surface area contributed by atoms with Crippen molar-refractivity contribution < 1.29 is 13.2 Å². The molecule has 0 saturated carbocycles. The van der Waals surface area contributed by atoms with Gasteiger partial charge in [-0.05, 0) is 32.0 Å². The fraction of sp³-hybridized carbons (Fsp3) is 0.417. The van der Waals surface area contributed by atoms with Crippen LogP contribution in [0.5, 0.6) is 0 Å². The van der Waals surface area contributed by atoms with Gasteiger partial charge in [0, 0.05) is 16.9 Å². The predicted molar refractivity (Wildman–Crippen MR) is 78.5 cm³/mol. The van der Waals surface area contributed by atoms with Gasteiger partial charge in [0.1, 0.15) is 0 Å². The van der Waals surface area contributed by atoms with Crippen molar-refractivity contribution in [2.75, 3.05) is 11.5 Å². The van der Waals surface area contributed by atoms with Crippen LogP contribution in [-0.2, 0) is 14.6 Å². The zero-order chi connectivity index (χ0) is 14.6. The van der Waals surface area contributed by atoms with Crippen LogP contribution in [-0.4, -0.2) is 26.1 Å². The van der Waals surface area contributed by atoms with Crippen molar-refractivity contribution in [1.29, 1.82) is 0 Å². The van der Waals surface area contributed by atoms with E-state index in [1.54, 1.807) is 6.07 Å². The number of nitrogen functional groups attached to an aromatic ring is 1. The average molecular weight is 349 g/mol. The standard InChI is InChI=1S/C12H17BrN2O3S/c1-8(2)15-12(16)5-6-19(17,18)11-7-9(13)3-4-10(11)14/h3-4,7-8H,5-6,14H2,1-2H3,(H,15,16). The highest BCUT2D eigenvalue weighted by molar-refractivity contribution is 9.10. The summed E-state index contributed by atoms with van der Waals surface area (Å²) in [5, 5.41) is 2.65. The van der Waals surface area contributed by atoms with Crippen LogP contribution in [0.3, 0.4) is 0 Å². The van der Waals surface area contributed by atoms with Gasteiger partial charge in [0.2, 0.25) is 5.91 Å². The molecule has 1 amide bonds. The first-order valence-electron chi connectivity index (χ1n) is 5.79. The average Bonchev–Trinajstić information content (AvgIpc) is 2.29. The van der Waals surface area contributed by atoms with Crippen LogP contribution in [0.1, 0.15) is 20.3 Å². The number of hydrogen-bond donors (Lipinski definition) is 2. The Morgan fingerprint density at radius 2 is 2.05 bits per heavy atom. The van der Waals surface area contributed by atoms with Crippen molar-refractivity contribution in [2.24, 2.45) is 0 Å². The van der Waals surface area contributed by atoms with Gasteiger partial charge < -0.3 is 11.1 Å². The number of nitrogens with one attached hydrogen (secondary N) is 1. The molecule has 0 saturated heterocycles. The molecule has 0 atom stereocenters. The van der Waals surface area contributed by atoms with Crippen LogP contribution in [0, 0.1) is 0 Å². The summed E-state index contributed by atoms with van der Waals surface area (Å²) < 4.78 is 24.9. The van der Waals surface area contributed by atoms with E-state index in [0.717, 1.165) is 0 Å². The maximum Gasteiger partial charge on any atom is 0.221 e. The molecular weight excluding hydrogens is 332 g/mol. The van der Waals surface area contributed by atoms with Crippen molar-refractivity contribution in [3.63, 3.8) is 0 Å². The SMILES string of the molecule is CC(C)NC(=O)CCS(=O)(=O)c1cc(Br)ccc1N. The van der Waals surface area contributed by atoms with Gasteiger partial charge in [-0.2, -0.15) is 0 Å². The minimum absolute atomic E-state index is 0.00820. The van der Waals surface area contributed by atoms with Crippen molar-refractivity contribution in [3.8, 4) is 0 Å². The minimum Gasteiger partial charge on any atom is -0.398 e. The van der Waals surface area contributed by atoms with Gasteiger partial charge in [-0.25, -0.2) is 8.42 Å². The quantitative estimate of drug-likeness (QED) is 0.792. The number of carbonyl (C=O) groups excluding carboxylic acids is 1. The molecule has 0 bridgehead atoms. The van der Waals surface area contributed by atoms with E-state index in [-0.39, 0.29) is 34.7 Å². The van der Waals surface area contributed by atoms with Crippen LogP contribution in [0.2, 0.25) is 0 Å². The summed E-state index contributed by atoms with van der Waals surface area (Å²) in [5.74, 6) is -0.543. The van der Waals surface area contributed by atoms with Crippen molar-refractivity contribution in [2.45, 2.75) is 31.2 Å². The molecule has 3 N–H and O–H groups in total. The molecule has 5 nitrogen and oxygen atoms in total. The monoisotopic (exact) mass is 348 g/mol. The Kier molecular flexibility index (Phi) is 5.37. The highest BCUT2D eigenvalue weighted by atomic mass is 79.9. The zero-order valence-corrected chi connectivity index (χ0v) is 13.2. The number of benzene rings is 1. The molecule has 0 aromatic heterocycles. The van der Waals surface area contributed by atoms with Crippen LogP contribution in [0.4, 0.5) is 5.69 Å². The predicted octanol–water partition coefficient (Wildman–Crippen LogP) is 1.72. The number of carbonyl (C=O) groups is 1. The molecule has 7 heteroatoms. The van der Waals surface area contributed by atoms with Crippen LogP contribution < -0.4 is 11.1 Å². The van der Waals surface area contributed by atoms with Gasteiger partial charge in [0.25, 0.3) is 0 Å². The molecule has 0 spiro atoms. The number of halogens is 1. The van der Waals surface area contributed by atoms with E-state index in [2.05, 4.69) is 21.2 Å². The first-order valence-corrected chi connectivity index (χ1v) is 8.24. The lowest BCUT2D eigenvalue weighted by Crippen LogP contribution is -2.31. The lowest BCUT2D eigenvalue weighted by atomic mass is 10.3. The summed E-state index contributed by atoms with van der Waals surface area (Å²) >= 11 is 3.20. The largest absolute Gasteiger partial charge is 0.398 e. The Bertz CT molecular complexity index is 570. The number of amides is 1. The molecule has 0 radical (unpaired) electrons. The van der Waals surface area contributed by atoms with E-state index in [9.17, 15) is 13.2 Å². The van der Waals surface area contributed by atoms with Gasteiger partial charge in [-0.15, -0.1) is 0 Å². The van der Waals surface area contributed by atoms with E-state index < -0.39 is 9.84 Å². The summed E-state index contributed by atoms with van der Waals surface area (Å²) in [5.41, 5.74) is 5.85. The molecule has 1 aromatic rings. The van der Waals surface area contributed by atoms with E-state index in [4.69, 9.17) is 5.73 Å². The van der Waals surface area contributed by atoms with E-state index in [1.165, 1.54) is 12.1 Å². The van der Waals surface area contributed by atoms with Gasteiger partial charge >= 0.3 is 0 Å². The lowest BCUT2D eigenvalue weighted by molar-refractivity contribution is -0.121. The maximum atomic E-state index is 12.1. The molecule has 1 aromatic carbocycles. The zero-order valence-electron chi connectivity index (χ0n) is 10.8. The summed E-state index contributed by atoms with van der Waals surface area (Å²) in [4.78, 5) is 11.5. The third kappa shape index (κ3) is 4.83. The van der Waals surface area contributed by atoms with E-state index in [0.29, 0.717) is 4.47 Å². The van der Waals surface area contributed by atoms with Gasteiger partial charge in [0.05, 0.1) is 16.3 Å². The Labute approximate surface area is 121 Å². The third-order valence-electron chi connectivity index (χ3n) is 2.36. The normalized spacial score (nSPS) is 11.6. The summed E-state index contributed by atoms with van der Waals surface area (Å²) in [6.07, 6.45) is -0.0769. The number of hydrogen-bond acceptors (Lipinski definition) is 4. The molecule has 0 aliphatic rings. The fourth-order valence-corrected chi connectivity index (χ4v) is 3.43. The number of anilines is 1. The Hall–Kier alpha value is -1.08. The second-order valence-electron chi connectivity index (χ2n) is 4.47. The first-order chi connectivity index (χ1) is 8.72. The summed E-state index contributed by atoms with van der Waals surface area (Å²) in [7, 11) is -3.56. The highest BCUT2D eigenvalue weighted by Gasteiger charge is 2.19. The van der Waals surface area contributed by atoms with Crippen LogP contribution in [0.15, 0.2) is 27.6 Å². The van der Waals surface area contributed by atoms with Gasteiger partial charge in [-0.3, -0.25) is 4.79 Å². The molecule has 0 fully saturated rings. The number of rotatable bonds is 5. The fourth-order valence-electron chi connectivity index (χ4n) is 1.51. The topological polar surface area (TPSA) is 89.3 Å². The lowest BCUT2D eigenvalue weighted by Gasteiger charge is -2.10. The number of nitrogens with two attached hydrogens (primary N) is 1. The maximum absolute atomic E-state index is 12.1. The second-order valence-corrected chi connectivity index (χ2v) is 7.47. The minimum atomic E-state index is -3.56.